The van der Waals surface area contributed by atoms with Gasteiger partial charge in [0, 0.05) is 11.6 Å². The number of esters is 1. The summed E-state index contributed by atoms with van der Waals surface area (Å²) < 4.78 is 5.64. The van der Waals surface area contributed by atoms with E-state index in [1.807, 2.05) is 42.5 Å². The molecule has 2 aromatic carbocycles. The van der Waals surface area contributed by atoms with E-state index in [0.29, 0.717) is 5.75 Å². The van der Waals surface area contributed by atoms with E-state index in [9.17, 15) is 4.79 Å². The third-order valence-electron chi connectivity index (χ3n) is 4.08. The fourth-order valence-electron chi connectivity index (χ4n) is 2.54. The topological polar surface area (TPSA) is 26.3 Å². The van der Waals surface area contributed by atoms with Gasteiger partial charge in [-0.3, -0.25) is 0 Å². The van der Waals surface area contributed by atoms with Crippen LogP contribution < -0.4 is 4.74 Å². The molecule has 0 aliphatic heterocycles. The molecule has 0 aliphatic rings. The van der Waals surface area contributed by atoms with Crippen LogP contribution in [0.15, 0.2) is 54.6 Å². The molecule has 0 heterocycles. The Labute approximate surface area is 151 Å². The van der Waals surface area contributed by atoms with Gasteiger partial charge >= 0.3 is 5.97 Å². The lowest BCUT2D eigenvalue weighted by atomic mass is 9.80. The van der Waals surface area contributed by atoms with E-state index in [4.69, 9.17) is 4.74 Å². The van der Waals surface area contributed by atoms with Gasteiger partial charge in [0.15, 0.2) is 0 Å². The van der Waals surface area contributed by atoms with Crippen LogP contribution >= 0.6 is 0 Å². The summed E-state index contributed by atoms with van der Waals surface area (Å²) in [5.74, 6) is 0.265. The lowest BCUT2D eigenvalue weighted by molar-refractivity contribution is -0.128. The van der Waals surface area contributed by atoms with Crippen LogP contribution in [-0.2, 0) is 15.6 Å². The molecule has 0 aliphatic carbocycles. The molecule has 0 fully saturated rings. The Bertz CT molecular complexity index is 757. The Balaban J connectivity index is 2.26. The molecule has 0 aromatic heterocycles. The van der Waals surface area contributed by atoms with Gasteiger partial charge in [-0.05, 0) is 34.1 Å². The number of ether oxygens (including phenoxy) is 1. The molecule has 0 spiro atoms. The van der Waals surface area contributed by atoms with Gasteiger partial charge in [-0.2, -0.15) is 0 Å². The van der Waals surface area contributed by atoms with E-state index in [-0.39, 0.29) is 16.8 Å². The predicted octanol–water partition coefficient (Wildman–Crippen LogP) is 5.90. The Kier molecular flexibility index (Phi) is 5.52. The highest BCUT2D eigenvalue weighted by Crippen LogP contribution is 2.35. The number of hydrogen-bond acceptors (Lipinski definition) is 2. The highest BCUT2D eigenvalue weighted by molar-refractivity contribution is 5.88. The van der Waals surface area contributed by atoms with Crippen molar-refractivity contribution in [3.05, 3.63) is 71.3 Å². The Morgan fingerprint density at radius 3 is 2.08 bits per heavy atom. The molecule has 25 heavy (non-hydrogen) atoms. The first-order valence-electron chi connectivity index (χ1n) is 8.67. The first kappa shape index (κ1) is 19.0. The van der Waals surface area contributed by atoms with Crippen molar-refractivity contribution < 1.29 is 9.53 Å². The maximum absolute atomic E-state index is 12.2. The molecule has 132 valence electrons. The SMILES string of the molecule is CC(C)(C)c1ccc(OC(=O)/C=C\c2ccccc2)c(C(C)(C)C)c1. The Morgan fingerprint density at radius 1 is 0.880 bits per heavy atom. The summed E-state index contributed by atoms with van der Waals surface area (Å²) in [5, 5.41) is 0. The number of rotatable bonds is 3. The van der Waals surface area contributed by atoms with Crippen molar-refractivity contribution >= 4 is 12.0 Å². The molecule has 2 heteroatoms. The monoisotopic (exact) mass is 336 g/mol. The summed E-state index contributed by atoms with van der Waals surface area (Å²) in [5.41, 5.74) is 3.19. The zero-order valence-electron chi connectivity index (χ0n) is 16.1. The largest absolute Gasteiger partial charge is 0.423 e. The van der Waals surface area contributed by atoms with E-state index < -0.39 is 0 Å². The third-order valence-corrected chi connectivity index (χ3v) is 4.08. The first-order valence-corrected chi connectivity index (χ1v) is 8.67. The molecule has 0 bridgehead atoms. The van der Waals surface area contributed by atoms with Gasteiger partial charge in [0.2, 0.25) is 0 Å². The van der Waals surface area contributed by atoms with Crippen molar-refractivity contribution in [2.24, 2.45) is 0 Å². The lowest BCUT2D eigenvalue weighted by Crippen LogP contribution is -2.18. The van der Waals surface area contributed by atoms with Crippen molar-refractivity contribution in [3.8, 4) is 5.75 Å². The standard InChI is InChI=1S/C23H28O2/c1-22(2,3)18-13-14-20(19(16-18)23(4,5)6)25-21(24)15-12-17-10-8-7-9-11-17/h7-16H,1-6H3/b15-12-. The quantitative estimate of drug-likeness (QED) is 0.396. The van der Waals surface area contributed by atoms with E-state index in [0.717, 1.165) is 11.1 Å². The van der Waals surface area contributed by atoms with Gasteiger partial charge in [0.25, 0.3) is 0 Å². The van der Waals surface area contributed by atoms with Crippen molar-refractivity contribution in [3.63, 3.8) is 0 Å². The fraction of sp³-hybridized carbons (Fsp3) is 0.348. The molecule has 2 rings (SSSR count). The zero-order valence-corrected chi connectivity index (χ0v) is 16.1. The normalized spacial score (nSPS) is 12.4. The summed E-state index contributed by atoms with van der Waals surface area (Å²) >= 11 is 0. The summed E-state index contributed by atoms with van der Waals surface area (Å²) in [4.78, 5) is 12.2. The molecule has 0 amide bonds. The van der Waals surface area contributed by atoms with E-state index in [1.165, 1.54) is 11.6 Å². The molecule has 0 saturated heterocycles. The van der Waals surface area contributed by atoms with Gasteiger partial charge in [0.1, 0.15) is 5.75 Å². The molecule has 0 atom stereocenters. The fourth-order valence-corrected chi connectivity index (χ4v) is 2.54. The maximum Gasteiger partial charge on any atom is 0.336 e. The number of carbonyl (C=O) groups is 1. The van der Waals surface area contributed by atoms with Crippen LogP contribution in [0.4, 0.5) is 0 Å². The van der Waals surface area contributed by atoms with Crippen molar-refractivity contribution in [1.29, 1.82) is 0 Å². The molecule has 0 saturated carbocycles. The maximum atomic E-state index is 12.2. The minimum Gasteiger partial charge on any atom is -0.423 e. The molecule has 0 unspecified atom stereocenters. The minimum atomic E-state index is -0.363. The lowest BCUT2D eigenvalue weighted by Gasteiger charge is -2.26. The summed E-state index contributed by atoms with van der Waals surface area (Å²) in [6.45, 7) is 12.9. The minimum absolute atomic E-state index is 0.0513. The molecular weight excluding hydrogens is 308 g/mol. The summed E-state index contributed by atoms with van der Waals surface area (Å²) in [6.07, 6.45) is 3.24. The number of carbonyl (C=O) groups excluding carboxylic acids is 1. The van der Waals surface area contributed by atoms with Crippen molar-refractivity contribution in [2.45, 2.75) is 52.4 Å². The van der Waals surface area contributed by atoms with Crippen LogP contribution in [0.1, 0.15) is 58.2 Å². The second kappa shape index (κ2) is 7.26. The van der Waals surface area contributed by atoms with Gasteiger partial charge in [-0.25, -0.2) is 4.79 Å². The number of hydrogen-bond donors (Lipinski definition) is 0. The van der Waals surface area contributed by atoms with Crippen LogP contribution in [-0.4, -0.2) is 5.97 Å². The Hall–Kier alpha value is -2.35. The van der Waals surface area contributed by atoms with Crippen LogP contribution in [0.25, 0.3) is 6.08 Å². The second-order valence-electron chi connectivity index (χ2n) is 8.38. The average Bonchev–Trinajstić information content (AvgIpc) is 2.52. The molecular formula is C23H28O2. The summed E-state index contributed by atoms with van der Waals surface area (Å²) in [6, 6.07) is 15.8. The second-order valence-corrected chi connectivity index (χ2v) is 8.38. The predicted molar refractivity (Wildman–Crippen MR) is 105 cm³/mol. The van der Waals surface area contributed by atoms with Crippen molar-refractivity contribution in [1.82, 2.24) is 0 Å². The van der Waals surface area contributed by atoms with Crippen LogP contribution in [0.5, 0.6) is 5.75 Å². The highest BCUT2D eigenvalue weighted by Gasteiger charge is 2.23. The van der Waals surface area contributed by atoms with Gasteiger partial charge < -0.3 is 4.74 Å². The Morgan fingerprint density at radius 2 is 1.52 bits per heavy atom. The van der Waals surface area contributed by atoms with E-state index in [1.54, 1.807) is 6.08 Å². The molecule has 0 N–H and O–H groups in total. The highest BCUT2D eigenvalue weighted by atomic mass is 16.5. The van der Waals surface area contributed by atoms with E-state index in [2.05, 4.69) is 47.6 Å². The van der Waals surface area contributed by atoms with Crippen LogP contribution in [0.2, 0.25) is 0 Å². The van der Waals surface area contributed by atoms with Crippen LogP contribution in [0.3, 0.4) is 0 Å². The molecule has 2 nitrogen and oxygen atoms in total. The van der Waals surface area contributed by atoms with Gasteiger partial charge in [-0.15, -0.1) is 0 Å². The molecule has 2 aromatic rings. The first-order chi connectivity index (χ1) is 11.6. The van der Waals surface area contributed by atoms with E-state index >= 15 is 0 Å². The average molecular weight is 336 g/mol. The van der Waals surface area contributed by atoms with Crippen LogP contribution in [0, 0.1) is 0 Å². The molecule has 0 radical (unpaired) electrons. The third kappa shape index (κ3) is 5.32. The summed E-state index contributed by atoms with van der Waals surface area (Å²) in [7, 11) is 0. The smallest absolute Gasteiger partial charge is 0.336 e. The van der Waals surface area contributed by atoms with Gasteiger partial charge in [-0.1, -0.05) is 84.0 Å². The van der Waals surface area contributed by atoms with Gasteiger partial charge in [0.05, 0.1) is 0 Å². The van der Waals surface area contributed by atoms with Crippen molar-refractivity contribution in [2.75, 3.05) is 0 Å². The zero-order chi connectivity index (χ0) is 18.7. The number of benzene rings is 2.